The van der Waals surface area contributed by atoms with Crippen molar-refractivity contribution in [2.45, 2.75) is 45.3 Å². The van der Waals surface area contributed by atoms with Gasteiger partial charge < -0.3 is 19.4 Å². The van der Waals surface area contributed by atoms with E-state index < -0.39 is 39.6 Å². The lowest BCUT2D eigenvalue weighted by molar-refractivity contribution is -0.161. The van der Waals surface area contributed by atoms with Crippen molar-refractivity contribution in [2.24, 2.45) is 5.73 Å². The van der Waals surface area contributed by atoms with E-state index in [2.05, 4.69) is 0 Å². The Hall–Kier alpha value is -2.13. The van der Waals surface area contributed by atoms with Crippen molar-refractivity contribution >= 4 is 22.1 Å². The highest BCUT2D eigenvalue weighted by molar-refractivity contribution is 7.86. The van der Waals surface area contributed by atoms with Crippen LogP contribution >= 0.6 is 0 Å². The van der Waals surface area contributed by atoms with Crippen molar-refractivity contribution < 1.29 is 31.7 Å². The number of benzene rings is 1. The second-order valence-electron chi connectivity index (χ2n) is 6.65. The number of hydrogen-bond donors (Lipinski definition) is 1. The fraction of sp³-hybridized carbons (Fsp3) is 0.529. The normalized spacial score (nSPS) is 14.2. The van der Waals surface area contributed by atoms with Gasteiger partial charge in [0.2, 0.25) is 0 Å². The Bertz CT molecular complexity index is 753. The molecule has 0 aliphatic heterocycles. The van der Waals surface area contributed by atoms with Gasteiger partial charge in [-0.15, -0.1) is 0 Å². The Labute approximate surface area is 153 Å². The highest BCUT2D eigenvalue weighted by Crippen LogP contribution is 2.26. The van der Waals surface area contributed by atoms with Crippen LogP contribution in [0.3, 0.4) is 0 Å². The molecule has 0 aliphatic carbocycles. The van der Waals surface area contributed by atoms with Gasteiger partial charge in [0.05, 0.1) is 12.9 Å². The molecule has 0 heterocycles. The second kappa shape index (κ2) is 8.50. The van der Waals surface area contributed by atoms with Gasteiger partial charge in [0.25, 0.3) is 0 Å². The molecule has 2 N–H and O–H groups in total. The number of ether oxygens (including phenoxy) is 2. The summed E-state index contributed by atoms with van der Waals surface area (Å²) in [5.41, 5.74) is 5.47. The minimum Gasteiger partial charge on any atom is -0.465 e. The lowest BCUT2D eigenvalue weighted by Gasteiger charge is -2.26. The Balaban J connectivity index is 3.24. The van der Waals surface area contributed by atoms with Crippen LogP contribution in [0.15, 0.2) is 24.3 Å². The van der Waals surface area contributed by atoms with E-state index in [-0.39, 0.29) is 17.9 Å². The molecule has 8 nitrogen and oxygen atoms in total. The summed E-state index contributed by atoms with van der Waals surface area (Å²) in [5, 5.41) is 0. The summed E-state index contributed by atoms with van der Waals surface area (Å²) < 4.78 is 37.7. The van der Waals surface area contributed by atoms with E-state index in [1.807, 2.05) is 0 Å². The maximum absolute atomic E-state index is 12.4. The zero-order valence-electron chi connectivity index (χ0n) is 15.5. The Morgan fingerprint density at radius 1 is 1.19 bits per heavy atom. The molecule has 1 aromatic carbocycles. The summed E-state index contributed by atoms with van der Waals surface area (Å²) in [6.07, 6.45) is 0.898. The monoisotopic (exact) mass is 387 g/mol. The lowest BCUT2D eigenvalue weighted by Crippen LogP contribution is -2.44. The van der Waals surface area contributed by atoms with E-state index in [0.29, 0.717) is 0 Å². The molecule has 2 atom stereocenters. The lowest BCUT2D eigenvalue weighted by atomic mass is 9.91. The molecule has 1 rings (SSSR count). The number of esters is 2. The number of rotatable bonds is 7. The maximum atomic E-state index is 12.4. The van der Waals surface area contributed by atoms with Crippen LogP contribution in [0.1, 0.15) is 39.2 Å². The maximum Gasteiger partial charge on any atom is 0.324 e. The van der Waals surface area contributed by atoms with Crippen molar-refractivity contribution in [3.8, 4) is 5.75 Å². The molecule has 0 saturated heterocycles. The molecule has 2 unspecified atom stereocenters. The van der Waals surface area contributed by atoms with E-state index in [1.165, 1.54) is 24.3 Å². The van der Waals surface area contributed by atoms with Crippen molar-refractivity contribution in [2.75, 3.05) is 12.9 Å². The number of carbonyl (C=O) groups excluding carboxylic acids is 2. The molecule has 0 aliphatic rings. The first-order chi connectivity index (χ1) is 11.8. The Kier molecular flexibility index (Phi) is 7.16. The van der Waals surface area contributed by atoms with Gasteiger partial charge in [0, 0.05) is 0 Å². The molecule has 9 heteroatoms. The van der Waals surface area contributed by atoms with Crippen molar-refractivity contribution in [3.05, 3.63) is 29.8 Å². The highest BCUT2D eigenvalue weighted by atomic mass is 32.2. The highest BCUT2D eigenvalue weighted by Gasteiger charge is 2.36. The molecule has 146 valence electrons. The van der Waals surface area contributed by atoms with Crippen LogP contribution in [0.2, 0.25) is 0 Å². The zero-order valence-corrected chi connectivity index (χ0v) is 16.3. The van der Waals surface area contributed by atoms with Crippen LogP contribution in [-0.4, -0.2) is 44.9 Å². The molecular weight excluding hydrogens is 362 g/mol. The molecule has 0 aromatic heterocycles. The first kappa shape index (κ1) is 21.9. The predicted octanol–water partition coefficient (Wildman–Crippen LogP) is 1.34. The average Bonchev–Trinajstić information content (AvgIpc) is 2.44. The molecule has 0 amide bonds. The quantitative estimate of drug-likeness (QED) is 0.549. The Morgan fingerprint density at radius 2 is 1.81 bits per heavy atom. The van der Waals surface area contributed by atoms with Gasteiger partial charge in [-0.25, -0.2) is 0 Å². The standard InChI is InChI=1S/C17H25NO7S/c1-6-23-15(19)13(14(18)16(20)24-17(2,3)4)11-8-7-9-12(10-11)25-26(5,21)22/h7-10,13-14H,6,18H2,1-5H3. The topological polar surface area (TPSA) is 122 Å². The van der Waals surface area contributed by atoms with Crippen molar-refractivity contribution in [1.29, 1.82) is 0 Å². The summed E-state index contributed by atoms with van der Waals surface area (Å²) in [6, 6.07) is 4.42. The van der Waals surface area contributed by atoms with Gasteiger partial charge in [0.15, 0.2) is 0 Å². The average molecular weight is 387 g/mol. The third kappa shape index (κ3) is 7.01. The summed E-state index contributed by atoms with van der Waals surface area (Å²) in [4.78, 5) is 24.7. The summed E-state index contributed by atoms with van der Waals surface area (Å²) in [7, 11) is -3.75. The van der Waals surface area contributed by atoms with E-state index in [1.54, 1.807) is 27.7 Å². The number of nitrogens with two attached hydrogens (primary N) is 1. The molecule has 0 spiro atoms. The zero-order chi connectivity index (χ0) is 20.1. The molecule has 26 heavy (non-hydrogen) atoms. The first-order valence-corrected chi connectivity index (χ1v) is 9.80. The summed E-state index contributed by atoms with van der Waals surface area (Å²) in [5.74, 6) is -2.67. The van der Waals surface area contributed by atoms with Gasteiger partial charge in [-0.05, 0) is 45.4 Å². The first-order valence-electron chi connectivity index (χ1n) is 7.98. The largest absolute Gasteiger partial charge is 0.465 e. The van der Waals surface area contributed by atoms with Crippen LogP contribution in [0.25, 0.3) is 0 Å². The molecular formula is C17H25NO7S. The molecule has 0 fully saturated rings. The molecule has 0 saturated carbocycles. The van der Waals surface area contributed by atoms with Crippen LogP contribution in [-0.2, 0) is 29.2 Å². The Morgan fingerprint density at radius 3 is 2.31 bits per heavy atom. The predicted molar refractivity (Wildman–Crippen MR) is 95.1 cm³/mol. The minimum atomic E-state index is -3.75. The van der Waals surface area contributed by atoms with Gasteiger partial charge in [0.1, 0.15) is 23.3 Å². The number of carbonyl (C=O) groups is 2. The molecule has 1 aromatic rings. The smallest absolute Gasteiger partial charge is 0.324 e. The number of hydrogen-bond acceptors (Lipinski definition) is 8. The van der Waals surface area contributed by atoms with Crippen LogP contribution < -0.4 is 9.92 Å². The molecule has 0 bridgehead atoms. The van der Waals surface area contributed by atoms with Crippen LogP contribution in [0, 0.1) is 0 Å². The van der Waals surface area contributed by atoms with Gasteiger partial charge >= 0.3 is 22.1 Å². The van der Waals surface area contributed by atoms with Gasteiger partial charge in [-0.1, -0.05) is 12.1 Å². The fourth-order valence-corrected chi connectivity index (χ4v) is 2.62. The summed E-state index contributed by atoms with van der Waals surface area (Å²) in [6.45, 7) is 6.75. The minimum absolute atomic E-state index is 0.00399. The van der Waals surface area contributed by atoms with E-state index >= 15 is 0 Å². The van der Waals surface area contributed by atoms with Crippen molar-refractivity contribution in [3.63, 3.8) is 0 Å². The third-order valence-corrected chi connectivity index (χ3v) is 3.54. The molecule has 0 radical (unpaired) electrons. The van der Waals surface area contributed by atoms with Crippen molar-refractivity contribution in [1.82, 2.24) is 0 Å². The van der Waals surface area contributed by atoms with E-state index in [4.69, 9.17) is 19.4 Å². The van der Waals surface area contributed by atoms with E-state index in [0.717, 1.165) is 6.26 Å². The fourth-order valence-electron chi connectivity index (χ4n) is 2.16. The summed E-state index contributed by atoms with van der Waals surface area (Å²) >= 11 is 0. The second-order valence-corrected chi connectivity index (χ2v) is 8.22. The van der Waals surface area contributed by atoms with E-state index in [9.17, 15) is 18.0 Å². The SMILES string of the molecule is CCOC(=O)C(c1cccc(OS(C)(=O)=O)c1)C(N)C(=O)OC(C)(C)C. The van der Waals surface area contributed by atoms with Crippen LogP contribution in [0.5, 0.6) is 5.75 Å². The van der Waals surface area contributed by atoms with Gasteiger partial charge in [-0.2, -0.15) is 8.42 Å². The van der Waals surface area contributed by atoms with Gasteiger partial charge in [-0.3, -0.25) is 9.59 Å². The van der Waals surface area contributed by atoms with Crippen LogP contribution in [0.4, 0.5) is 0 Å². The third-order valence-electron chi connectivity index (χ3n) is 3.04.